The van der Waals surface area contributed by atoms with Crippen LogP contribution in [0.2, 0.25) is 0 Å². The molecule has 7 heterocycles. The van der Waals surface area contributed by atoms with Gasteiger partial charge in [-0.05, 0) is 100 Å². The third-order valence-electron chi connectivity index (χ3n) is 12.5. The second kappa shape index (κ2) is 18.5. The van der Waals surface area contributed by atoms with E-state index in [1.54, 1.807) is 56.2 Å². The number of rotatable bonds is 10. The molecule has 0 unspecified atom stereocenters. The molecule has 18 nitrogen and oxygen atoms in total. The number of aromatic nitrogens is 8. The summed E-state index contributed by atoms with van der Waals surface area (Å²) < 4.78 is 95.3. The van der Waals surface area contributed by atoms with Gasteiger partial charge in [0.1, 0.15) is 11.4 Å². The molecular weight excluding hydrogens is 1120 g/mol. The van der Waals surface area contributed by atoms with Gasteiger partial charge >= 0.3 is 12.6 Å². The van der Waals surface area contributed by atoms with E-state index in [1.807, 2.05) is 69.4 Å². The number of alkyl halides is 4. The van der Waals surface area contributed by atoms with Gasteiger partial charge in [0.15, 0.2) is 46.3 Å². The Kier molecular flexibility index (Phi) is 12.5. The Bertz CT molecular complexity index is 3700. The fraction of sp³-hybridized carbons (Fsp3) is 0.235. The highest BCUT2D eigenvalue weighted by molar-refractivity contribution is 9.10. The molecule has 0 aliphatic carbocycles. The van der Waals surface area contributed by atoms with Gasteiger partial charge in [-0.15, -0.1) is 27.8 Å². The summed E-state index contributed by atoms with van der Waals surface area (Å²) in [6, 6.07) is 24.1. The van der Waals surface area contributed by atoms with Crippen molar-refractivity contribution in [1.82, 2.24) is 45.2 Å². The third kappa shape index (κ3) is 9.52. The number of nitrogens with two attached hydrogens (primary N) is 1. The van der Waals surface area contributed by atoms with E-state index < -0.39 is 23.4 Å². The summed E-state index contributed by atoms with van der Waals surface area (Å²) >= 11 is 7.08. The second-order valence-corrected chi connectivity index (χ2v) is 20.2. The Balaban J connectivity index is 0.000000171. The number of ether oxygens (including phenoxy) is 4. The molecule has 0 bridgehead atoms. The number of oxazole rings is 2. The molecule has 4 aromatic carbocycles. The molecule has 9 aromatic rings. The zero-order valence-corrected chi connectivity index (χ0v) is 44.0. The molecule has 0 atom stereocenters. The molecule has 0 radical (unpaired) electrons. The van der Waals surface area contributed by atoms with E-state index in [-0.39, 0.29) is 28.9 Å². The number of nitrogens with zero attached hydrogens (tertiary/aromatic N) is 8. The quantitative estimate of drug-likeness (QED) is 0.0563. The van der Waals surface area contributed by atoms with Crippen LogP contribution in [0.3, 0.4) is 0 Å². The average Bonchev–Trinajstić information content (AvgIpc) is 4.23. The maximum Gasteiger partial charge on any atom is 0.586 e. The van der Waals surface area contributed by atoms with Crippen LogP contribution in [0, 0.1) is 13.8 Å². The Labute approximate surface area is 440 Å². The van der Waals surface area contributed by atoms with Crippen molar-refractivity contribution in [2.75, 3.05) is 0 Å². The predicted octanol–water partition coefficient (Wildman–Crippen LogP) is 11.6. The van der Waals surface area contributed by atoms with Crippen molar-refractivity contribution in [1.29, 1.82) is 0 Å². The molecule has 0 saturated heterocycles. The van der Waals surface area contributed by atoms with Crippen molar-refractivity contribution in [2.45, 2.75) is 65.0 Å². The van der Waals surface area contributed by atoms with Crippen LogP contribution < -0.4 is 30.2 Å². The smallest absolute Gasteiger partial charge is 0.440 e. The van der Waals surface area contributed by atoms with Crippen LogP contribution >= 0.6 is 31.9 Å². The molecule has 24 heteroatoms. The predicted molar refractivity (Wildman–Crippen MR) is 268 cm³/mol. The summed E-state index contributed by atoms with van der Waals surface area (Å²) in [5, 5.41) is 17.2. The van der Waals surface area contributed by atoms with E-state index in [1.165, 1.54) is 30.7 Å². The number of halogens is 6. The topological polar surface area (TPSA) is 219 Å². The van der Waals surface area contributed by atoms with E-state index in [0.717, 1.165) is 37.0 Å². The lowest BCUT2D eigenvalue weighted by molar-refractivity contribution is -0.287. The van der Waals surface area contributed by atoms with Gasteiger partial charge in [-0.2, -0.15) is 10.2 Å². The van der Waals surface area contributed by atoms with Gasteiger partial charge in [-0.3, -0.25) is 19.6 Å². The summed E-state index contributed by atoms with van der Waals surface area (Å²) in [5.74, 6) is 6.82. The molecule has 5 aromatic heterocycles. The largest absolute Gasteiger partial charge is 0.586 e. The van der Waals surface area contributed by atoms with E-state index in [2.05, 4.69) is 81.5 Å². The van der Waals surface area contributed by atoms with Crippen LogP contribution in [0.25, 0.3) is 67.7 Å². The Morgan fingerprint density at radius 2 is 1.08 bits per heavy atom. The Hall–Kier alpha value is -7.83. The molecule has 1 amide bonds. The summed E-state index contributed by atoms with van der Waals surface area (Å²) in [6.45, 7) is 10.8. The SMILES string of the molecule is Cc1nc(-c2ccc3c(c2)OC(F)(F)O3)c(-c2cc(Br)ccc2-c2cc(C(C)(C)C(=O)NN)nn2C)o1.Cc1nc(-c2ccc3c(c2)OC(F)(F)O3)c(-c2cc(Br)ccc2-c2cc(C(C)(C)c3nnco3)nn2C)o1. The number of hydrogen-bond donors (Lipinski definition) is 2. The molecule has 75 heavy (non-hydrogen) atoms. The van der Waals surface area contributed by atoms with Crippen LogP contribution in [0.5, 0.6) is 23.0 Å². The number of amides is 1. The third-order valence-corrected chi connectivity index (χ3v) is 13.4. The van der Waals surface area contributed by atoms with E-state index in [4.69, 9.17) is 24.2 Å². The maximum atomic E-state index is 13.6. The van der Waals surface area contributed by atoms with Gasteiger partial charge in [0.25, 0.3) is 0 Å². The summed E-state index contributed by atoms with van der Waals surface area (Å²) in [6.07, 6.45) is -6.15. The lowest BCUT2D eigenvalue weighted by Gasteiger charge is -2.19. The fourth-order valence-corrected chi connectivity index (χ4v) is 9.28. The first-order valence-corrected chi connectivity index (χ1v) is 24.2. The number of nitrogens with one attached hydrogen (secondary N) is 1. The highest BCUT2D eigenvalue weighted by Gasteiger charge is 2.45. The van der Waals surface area contributed by atoms with Gasteiger partial charge < -0.3 is 32.2 Å². The van der Waals surface area contributed by atoms with Crippen molar-refractivity contribution in [3.8, 4) is 90.7 Å². The van der Waals surface area contributed by atoms with E-state index >= 15 is 0 Å². The number of hydrazine groups is 1. The standard InChI is InChI=1S/C26H20BrF2N5O4.C25H22BrF2N5O4/c1-13-31-22(14-5-8-19-20(9-14)38-26(28,29)37-19)23(36-13)17-10-15(27)6-7-16(17)18-11-21(33-34(18)4)25(2,3)24-32-30-12-35-24;1-12-30-21(13-5-8-18-19(9-13)37-25(27,28)36-18)22(35-12)16-10-14(26)6-7-15(16)17-11-20(32-33(17)4)24(2,3)23(34)31-29/h5-12H,1-4H3;5-11H,29H2,1-4H3,(H,31,34). The first-order chi connectivity index (χ1) is 35.4. The summed E-state index contributed by atoms with van der Waals surface area (Å²) in [7, 11) is 3.62. The Morgan fingerprint density at radius 3 is 1.53 bits per heavy atom. The molecule has 2 aliphatic rings. The van der Waals surface area contributed by atoms with Gasteiger partial charge in [-0.1, -0.05) is 44.0 Å². The molecule has 3 N–H and O–H groups in total. The number of fused-ring (bicyclic) bond motifs is 2. The fourth-order valence-electron chi connectivity index (χ4n) is 8.56. The van der Waals surface area contributed by atoms with Gasteiger partial charge in [0.2, 0.25) is 18.2 Å². The van der Waals surface area contributed by atoms with E-state index in [9.17, 15) is 22.4 Å². The highest BCUT2D eigenvalue weighted by atomic mass is 79.9. The van der Waals surface area contributed by atoms with Crippen molar-refractivity contribution in [3.63, 3.8) is 0 Å². The minimum atomic E-state index is -3.73. The van der Waals surface area contributed by atoms with Crippen molar-refractivity contribution >= 4 is 37.8 Å². The minimum Gasteiger partial charge on any atom is -0.440 e. The van der Waals surface area contributed by atoms with Crippen LogP contribution in [0.4, 0.5) is 17.6 Å². The van der Waals surface area contributed by atoms with Crippen molar-refractivity contribution in [3.05, 3.63) is 129 Å². The molecular formula is C51H42Br2F4N10O8. The first kappa shape index (κ1) is 50.7. The van der Waals surface area contributed by atoms with Gasteiger partial charge in [0, 0.05) is 70.3 Å². The molecule has 386 valence electrons. The van der Waals surface area contributed by atoms with Crippen molar-refractivity contribution < 1.29 is 54.6 Å². The monoisotopic (exact) mass is 1160 g/mol. The van der Waals surface area contributed by atoms with Gasteiger partial charge in [-0.25, -0.2) is 15.8 Å². The van der Waals surface area contributed by atoms with Crippen molar-refractivity contribution in [2.24, 2.45) is 19.9 Å². The zero-order chi connectivity index (χ0) is 53.5. The molecule has 0 spiro atoms. The summed E-state index contributed by atoms with van der Waals surface area (Å²) in [4.78, 5) is 21.5. The first-order valence-electron chi connectivity index (χ1n) is 22.6. The molecule has 11 rings (SSSR count). The normalized spacial score (nSPS) is 14.2. The molecule has 2 aliphatic heterocycles. The molecule has 0 fully saturated rings. The number of aryl methyl sites for hydroxylation is 4. The summed E-state index contributed by atoms with van der Waals surface area (Å²) in [5.41, 5.74) is 8.24. The molecule has 0 saturated carbocycles. The van der Waals surface area contributed by atoms with Crippen LogP contribution in [0.15, 0.2) is 114 Å². The zero-order valence-electron chi connectivity index (χ0n) is 40.8. The number of benzene rings is 4. The van der Waals surface area contributed by atoms with E-state index in [0.29, 0.717) is 68.7 Å². The number of carbonyl (C=O) groups excluding carboxylic acids is 1. The van der Waals surface area contributed by atoms with Crippen LogP contribution in [-0.4, -0.2) is 58.2 Å². The van der Waals surface area contributed by atoms with Gasteiger partial charge in [0.05, 0.1) is 33.6 Å². The van der Waals surface area contributed by atoms with Crippen LogP contribution in [0.1, 0.15) is 56.8 Å². The average molecular weight is 1160 g/mol. The maximum absolute atomic E-state index is 13.6. The number of hydrogen-bond acceptors (Lipinski definition) is 15. The lowest BCUT2D eigenvalue weighted by atomic mass is 9.88. The minimum absolute atomic E-state index is 0.0464. The second-order valence-electron chi connectivity index (χ2n) is 18.4. The number of carbonyl (C=O) groups is 1. The highest BCUT2D eigenvalue weighted by Crippen LogP contribution is 2.48. The Morgan fingerprint density at radius 1 is 0.627 bits per heavy atom. The lowest BCUT2D eigenvalue weighted by Crippen LogP contribution is -2.43. The van der Waals surface area contributed by atoms with Crippen LogP contribution in [-0.2, 0) is 29.7 Å².